The number of halogens is 1. The fourth-order valence-electron chi connectivity index (χ4n) is 2.75. The molecule has 0 radical (unpaired) electrons. The number of furan rings is 1. The van der Waals surface area contributed by atoms with Gasteiger partial charge in [-0.15, -0.1) is 0 Å². The Morgan fingerprint density at radius 3 is 3.04 bits per heavy atom. The Morgan fingerprint density at radius 1 is 1.46 bits per heavy atom. The first kappa shape index (κ1) is 16.2. The molecule has 0 bridgehead atoms. The van der Waals surface area contributed by atoms with Crippen LogP contribution in [0.4, 0.5) is 4.39 Å². The van der Waals surface area contributed by atoms with Crippen molar-refractivity contribution in [1.82, 2.24) is 20.1 Å². The van der Waals surface area contributed by atoms with E-state index in [4.69, 9.17) is 4.42 Å². The van der Waals surface area contributed by atoms with E-state index in [-0.39, 0.29) is 17.8 Å². The summed E-state index contributed by atoms with van der Waals surface area (Å²) in [5.74, 6) is 0.289. The monoisotopic (exact) mass is 330 g/mol. The molecular formula is C17H19FN4O2. The van der Waals surface area contributed by atoms with Crippen LogP contribution in [-0.2, 0) is 11.3 Å². The van der Waals surface area contributed by atoms with Crippen LogP contribution in [0.3, 0.4) is 0 Å². The third-order valence-corrected chi connectivity index (χ3v) is 3.96. The van der Waals surface area contributed by atoms with Gasteiger partial charge in [-0.2, -0.15) is 5.10 Å². The third-order valence-electron chi connectivity index (χ3n) is 3.96. The number of aryl methyl sites for hydroxylation is 2. The number of amides is 1. The van der Waals surface area contributed by atoms with Crippen LogP contribution in [0.1, 0.15) is 37.1 Å². The summed E-state index contributed by atoms with van der Waals surface area (Å²) in [5, 5.41) is 7.65. The summed E-state index contributed by atoms with van der Waals surface area (Å²) in [4.78, 5) is 15.9. The molecule has 7 heteroatoms. The second kappa shape index (κ2) is 6.82. The molecule has 0 spiro atoms. The lowest BCUT2D eigenvalue weighted by atomic mass is 10.1. The molecule has 126 valence electrons. The minimum absolute atomic E-state index is 0.0614. The number of hydrogen-bond acceptors (Lipinski definition) is 4. The number of carbonyl (C=O) groups excluding carboxylic acids is 1. The van der Waals surface area contributed by atoms with E-state index in [1.807, 2.05) is 13.8 Å². The van der Waals surface area contributed by atoms with Crippen molar-refractivity contribution in [2.75, 3.05) is 0 Å². The molecule has 1 atom stereocenters. The quantitative estimate of drug-likeness (QED) is 0.753. The fourth-order valence-corrected chi connectivity index (χ4v) is 2.75. The predicted molar refractivity (Wildman–Crippen MR) is 86.7 cm³/mol. The molecule has 0 fully saturated rings. The zero-order chi connectivity index (χ0) is 17.1. The maximum atomic E-state index is 13.4. The van der Waals surface area contributed by atoms with Crippen LogP contribution in [0, 0.1) is 12.7 Å². The molecule has 0 aliphatic carbocycles. The molecule has 0 saturated heterocycles. The smallest absolute Gasteiger partial charge is 0.220 e. The van der Waals surface area contributed by atoms with Crippen LogP contribution in [-0.4, -0.2) is 20.7 Å². The molecule has 6 nitrogen and oxygen atoms in total. The normalized spacial score (nSPS) is 12.5. The number of fused-ring (bicyclic) bond motifs is 1. The van der Waals surface area contributed by atoms with E-state index in [1.165, 1.54) is 18.5 Å². The highest BCUT2D eigenvalue weighted by Gasteiger charge is 2.18. The number of nitrogens with zero attached hydrogens (tertiary/aromatic N) is 3. The Hall–Kier alpha value is -2.70. The van der Waals surface area contributed by atoms with Crippen LogP contribution in [0.15, 0.2) is 35.3 Å². The number of nitrogens with one attached hydrogen (secondary N) is 1. The van der Waals surface area contributed by atoms with Crippen LogP contribution in [0.5, 0.6) is 0 Å². The number of aromatic nitrogens is 3. The average Bonchev–Trinajstić information content (AvgIpc) is 3.16. The Balaban J connectivity index is 1.60. The van der Waals surface area contributed by atoms with Crippen molar-refractivity contribution >= 4 is 16.9 Å². The van der Waals surface area contributed by atoms with Crippen molar-refractivity contribution < 1.29 is 13.6 Å². The first-order chi connectivity index (χ1) is 11.5. The van der Waals surface area contributed by atoms with Crippen molar-refractivity contribution in [3.8, 4) is 0 Å². The first-order valence-corrected chi connectivity index (χ1v) is 7.85. The van der Waals surface area contributed by atoms with Gasteiger partial charge in [-0.3, -0.25) is 9.48 Å². The van der Waals surface area contributed by atoms with Gasteiger partial charge in [0.2, 0.25) is 5.91 Å². The average molecular weight is 330 g/mol. The highest BCUT2D eigenvalue weighted by molar-refractivity contribution is 5.82. The van der Waals surface area contributed by atoms with Gasteiger partial charge in [0.05, 0.1) is 6.04 Å². The summed E-state index contributed by atoms with van der Waals surface area (Å²) in [6.45, 7) is 4.37. The molecule has 1 unspecified atom stereocenters. The molecule has 3 rings (SSSR count). The zero-order valence-electron chi connectivity index (χ0n) is 13.6. The SMILES string of the molecule is Cc1c(C(C)NC(=O)CCCn2cncn2)oc2ccc(F)cc12. The summed E-state index contributed by atoms with van der Waals surface area (Å²) < 4.78 is 20.8. The minimum atomic E-state index is -0.303. The predicted octanol–water partition coefficient (Wildman–Crippen LogP) is 3.13. The molecule has 0 saturated carbocycles. The van der Waals surface area contributed by atoms with Gasteiger partial charge in [-0.05, 0) is 38.5 Å². The van der Waals surface area contributed by atoms with Gasteiger partial charge in [0, 0.05) is 23.9 Å². The van der Waals surface area contributed by atoms with Crippen molar-refractivity contribution in [1.29, 1.82) is 0 Å². The molecule has 1 amide bonds. The van der Waals surface area contributed by atoms with Gasteiger partial charge in [0.1, 0.15) is 29.8 Å². The number of rotatable bonds is 6. The zero-order valence-corrected chi connectivity index (χ0v) is 13.6. The maximum absolute atomic E-state index is 13.4. The molecule has 2 heterocycles. The maximum Gasteiger partial charge on any atom is 0.220 e. The van der Waals surface area contributed by atoms with Crippen LogP contribution in [0.2, 0.25) is 0 Å². The van der Waals surface area contributed by atoms with Gasteiger partial charge >= 0.3 is 0 Å². The molecular weight excluding hydrogens is 311 g/mol. The summed E-state index contributed by atoms with van der Waals surface area (Å²) >= 11 is 0. The third kappa shape index (κ3) is 3.45. The molecule has 2 aromatic heterocycles. The number of benzene rings is 1. The van der Waals surface area contributed by atoms with Crippen LogP contribution in [0.25, 0.3) is 11.0 Å². The Bertz CT molecular complexity index is 842. The molecule has 3 aromatic rings. The van der Waals surface area contributed by atoms with Gasteiger partial charge < -0.3 is 9.73 Å². The van der Waals surface area contributed by atoms with E-state index in [0.29, 0.717) is 30.7 Å². The van der Waals surface area contributed by atoms with E-state index in [0.717, 1.165) is 10.9 Å². The van der Waals surface area contributed by atoms with E-state index in [2.05, 4.69) is 15.4 Å². The Kier molecular flexibility index (Phi) is 4.59. The Morgan fingerprint density at radius 2 is 2.29 bits per heavy atom. The van der Waals surface area contributed by atoms with E-state index in [9.17, 15) is 9.18 Å². The van der Waals surface area contributed by atoms with Gasteiger partial charge in [-0.25, -0.2) is 9.37 Å². The van der Waals surface area contributed by atoms with Gasteiger partial charge in [0.25, 0.3) is 0 Å². The van der Waals surface area contributed by atoms with Crippen LogP contribution >= 0.6 is 0 Å². The van der Waals surface area contributed by atoms with Crippen molar-refractivity contribution in [3.63, 3.8) is 0 Å². The lowest BCUT2D eigenvalue weighted by molar-refractivity contribution is -0.122. The molecule has 0 aliphatic heterocycles. The number of hydrogen-bond donors (Lipinski definition) is 1. The van der Waals surface area contributed by atoms with E-state index in [1.54, 1.807) is 17.1 Å². The minimum Gasteiger partial charge on any atom is -0.459 e. The summed E-state index contributed by atoms with van der Waals surface area (Å²) in [5.41, 5.74) is 1.47. The van der Waals surface area contributed by atoms with Crippen molar-refractivity contribution in [2.24, 2.45) is 0 Å². The molecule has 1 N–H and O–H groups in total. The largest absolute Gasteiger partial charge is 0.459 e. The molecule has 24 heavy (non-hydrogen) atoms. The molecule has 0 aliphatic rings. The second-order valence-electron chi connectivity index (χ2n) is 5.78. The van der Waals surface area contributed by atoms with E-state index < -0.39 is 0 Å². The summed E-state index contributed by atoms with van der Waals surface area (Å²) in [6.07, 6.45) is 4.15. The number of carbonyl (C=O) groups is 1. The van der Waals surface area contributed by atoms with Crippen molar-refractivity contribution in [2.45, 2.75) is 39.3 Å². The fraction of sp³-hybridized carbons (Fsp3) is 0.353. The highest BCUT2D eigenvalue weighted by Crippen LogP contribution is 2.29. The van der Waals surface area contributed by atoms with E-state index >= 15 is 0 Å². The standard InChI is InChI=1S/C17H19FN4O2/c1-11-14-8-13(18)5-6-15(14)24-17(11)12(2)21-16(23)4-3-7-22-10-19-9-20-22/h5-6,8-10,12H,3-4,7H2,1-2H3,(H,21,23). The highest BCUT2D eigenvalue weighted by atomic mass is 19.1. The summed E-state index contributed by atoms with van der Waals surface area (Å²) in [6, 6.07) is 4.14. The topological polar surface area (TPSA) is 73.0 Å². The van der Waals surface area contributed by atoms with Gasteiger partial charge in [0.15, 0.2) is 0 Å². The Labute approximate surface area is 138 Å². The van der Waals surface area contributed by atoms with Crippen molar-refractivity contribution in [3.05, 3.63) is 48.0 Å². The second-order valence-corrected chi connectivity index (χ2v) is 5.78. The lowest BCUT2D eigenvalue weighted by Crippen LogP contribution is -2.26. The van der Waals surface area contributed by atoms with Crippen LogP contribution < -0.4 is 5.32 Å². The first-order valence-electron chi connectivity index (χ1n) is 7.85. The summed E-state index contributed by atoms with van der Waals surface area (Å²) in [7, 11) is 0. The molecule has 1 aromatic carbocycles. The lowest BCUT2D eigenvalue weighted by Gasteiger charge is -2.12. The van der Waals surface area contributed by atoms with Gasteiger partial charge in [-0.1, -0.05) is 0 Å².